The van der Waals surface area contributed by atoms with Gasteiger partial charge in [0.15, 0.2) is 0 Å². The molecule has 0 heterocycles. The predicted molar refractivity (Wildman–Crippen MR) is 27.3 cm³/mol. The second-order valence-corrected chi connectivity index (χ2v) is 1.64. The van der Waals surface area contributed by atoms with E-state index in [9.17, 15) is 4.79 Å². The number of nitrogens with two attached hydrogens (primary N) is 1. The molecule has 1 amide bonds. The van der Waals surface area contributed by atoms with Crippen molar-refractivity contribution in [1.29, 1.82) is 0 Å². The summed E-state index contributed by atoms with van der Waals surface area (Å²) in [6.45, 7) is 0. The van der Waals surface area contributed by atoms with Gasteiger partial charge in [-0.15, -0.1) is 0 Å². The van der Waals surface area contributed by atoms with Crippen molar-refractivity contribution in [1.82, 2.24) is 0 Å². The summed E-state index contributed by atoms with van der Waals surface area (Å²) in [5.41, 5.74) is 4.67. The van der Waals surface area contributed by atoms with E-state index in [1.165, 1.54) is 0 Å². The molecule has 0 bridgehead atoms. The summed E-state index contributed by atoms with van der Waals surface area (Å²) in [4.78, 5) is 9.85. The van der Waals surface area contributed by atoms with Crippen molar-refractivity contribution in [2.45, 2.75) is 18.9 Å². The minimum Gasteiger partial charge on any atom is -0.446 e. The van der Waals surface area contributed by atoms with Gasteiger partial charge in [0.25, 0.3) is 0 Å². The summed E-state index contributed by atoms with van der Waals surface area (Å²) in [7, 11) is 0. The van der Waals surface area contributed by atoms with E-state index >= 15 is 0 Å². The highest BCUT2D eigenvalue weighted by molar-refractivity contribution is 5.65. The fourth-order valence-electron chi connectivity index (χ4n) is 0.350. The van der Waals surface area contributed by atoms with Crippen molar-refractivity contribution in [2.24, 2.45) is 5.73 Å². The summed E-state index contributed by atoms with van der Waals surface area (Å²) < 4.78 is 4.50. The van der Waals surface area contributed by atoms with E-state index < -0.39 is 6.09 Å². The number of carbonyl (C=O) groups is 1. The molecular formula is C4H9NO3. The van der Waals surface area contributed by atoms with E-state index in [1.54, 1.807) is 0 Å². The van der Waals surface area contributed by atoms with E-state index in [0.29, 0.717) is 0 Å². The zero-order chi connectivity index (χ0) is 5.28. The Kier molecular flexibility index (Phi) is 2.27. The number of hydrogen-bond acceptors (Lipinski definition) is 2. The highest BCUT2D eigenvalue weighted by Crippen LogP contribution is 2.22. The second kappa shape index (κ2) is 2.52. The maximum Gasteiger partial charge on any atom is 0.404 e. The van der Waals surface area contributed by atoms with Crippen LogP contribution >= 0.6 is 0 Å². The number of hydrogen-bond donors (Lipinski definition) is 1. The molecule has 4 heteroatoms. The lowest BCUT2D eigenvalue weighted by Crippen LogP contribution is -2.13. The maximum absolute atomic E-state index is 9.85. The van der Waals surface area contributed by atoms with Crippen LogP contribution in [0.4, 0.5) is 4.79 Å². The lowest BCUT2D eigenvalue weighted by molar-refractivity contribution is 0.149. The molecule has 0 spiro atoms. The maximum atomic E-state index is 9.85. The molecule has 4 nitrogen and oxygen atoms in total. The third-order valence-electron chi connectivity index (χ3n) is 0.807. The van der Waals surface area contributed by atoms with Crippen LogP contribution in [-0.4, -0.2) is 17.7 Å². The van der Waals surface area contributed by atoms with Crippen molar-refractivity contribution in [3.05, 3.63) is 0 Å². The largest absolute Gasteiger partial charge is 0.446 e. The average Bonchev–Trinajstić information content (AvgIpc) is 2.17. The van der Waals surface area contributed by atoms with Gasteiger partial charge < -0.3 is 15.9 Å². The van der Waals surface area contributed by atoms with Gasteiger partial charge in [-0.2, -0.15) is 0 Å². The monoisotopic (exact) mass is 119 g/mol. The van der Waals surface area contributed by atoms with Crippen molar-refractivity contribution < 1.29 is 15.0 Å². The Morgan fingerprint density at radius 1 is 1.62 bits per heavy atom. The molecule has 4 N–H and O–H groups in total. The Hall–Kier alpha value is -0.770. The Labute approximate surface area is 46.9 Å². The van der Waals surface area contributed by atoms with Crippen LogP contribution in [0.2, 0.25) is 0 Å². The molecule has 0 aromatic carbocycles. The van der Waals surface area contributed by atoms with Crippen molar-refractivity contribution in [2.75, 3.05) is 0 Å². The molecule has 0 aliphatic heterocycles. The molecule has 48 valence electrons. The molecule has 0 radical (unpaired) electrons. The van der Waals surface area contributed by atoms with Gasteiger partial charge in [0.05, 0.1) is 0 Å². The molecule has 1 aliphatic carbocycles. The van der Waals surface area contributed by atoms with Gasteiger partial charge in [0, 0.05) is 0 Å². The first-order valence-electron chi connectivity index (χ1n) is 2.25. The summed E-state index contributed by atoms with van der Waals surface area (Å²) in [5.74, 6) is 0. The molecule has 0 aromatic rings. The first kappa shape index (κ1) is 7.23. The molecule has 1 fully saturated rings. The molecule has 0 atom stereocenters. The summed E-state index contributed by atoms with van der Waals surface area (Å²) >= 11 is 0. The highest BCUT2D eigenvalue weighted by atomic mass is 16.6. The van der Waals surface area contributed by atoms with Gasteiger partial charge in [-0.3, -0.25) is 0 Å². The molecule has 1 saturated carbocycles. The summed E-state index contributed by atoms with van der Waals surface area (Å²) in [6.07, 6.45) is 1.48. The Balaban J connectivity index is 0.000000490. The quantitative estimate of drug-likeness (QED) is 0.500. The van der Waals surface area contributed by atoms with Crippen LogP contribution in [0.5, 0.6) is 0 Å². The van der Waals surface area contributed by atoms with Crippen LogP contribution in [-0.2, 0) is 4.74 Å². The van der Waals surface area contributed by atoms with Crippen molar-refractivity contribution in [3.63, 3.8) is 0 Å². The summed E-state index contributed by atoms with van der Waals surface area (Å²) in [6, 6.07) is 0. The topological polar surface area (TPSA) is 83.8 Å². The predicted octanol–water partition coefficient (Wildman–Crippen LogP) is -0.581. The number of ether oxygens (including phenoxy) is 1. The van der Waals surface area contributed by atoms with E-state index in [0.717, 1.165) is 12.8 Å². The fraction of sp³-hybridized carbons (Fsp3) is 0.750. The van der Waals surface area contributed by atoms with Gasteiger partial charge >= 0.3 is 6.09 Å². The number of rotatable bonds is 1. The van der Waals surface area contributed by atoms with Gasteiger partial charge in [0.2, 0.25) is 0 Å². The molecule has 1 aliphatic rings. The van der Waals surface area contributed by atoms with Crippen LogP contribution in [0, 0.1) is 0 Å². The van der Waals surface area contributed by atoms with E-state index in [1.807, 2.05) is 0 Å². The molecule has 0 unspecified atom stereocenters. The van der Waals surface area contributed by atoms with E-state index in [4.69, 9.17) is 0 Å². The smallest absolute Gasteiger partial charge is 0.404 e. The fourth-order valence-corrected chi connectivity index (χ4v) is 0.350. The summed E-state index contributed by atoms with van der Waals surface area (Å²) in [5, 5.41) is 0. The van der Waals surface area contributed by atoms with E-state index in [2.05, 4.69) is 10.5 Å². The Morgan fingerprint density at radius 2 is 2.12 bits per heavy atom. The lowest BCUT2D eigenvalue weighted by atomic mass is 10.8. The van der Waals surface area contributed by atoms with Gasteiger partial charge in [-0.05, 0) is 12.8 Å². The van der Waals surface area contributed by atoms with Gasteiger partial charge in [-0.1, -0.05) is 0 Å². The lowest BCUT2D eigenvalue weighted by Gasteiger charge is -1.91. The van der Waals surface area contributed by atoms with Crippen LogP contribution in [0.15, 0.2) is 0 Å². The van der Waals surface area contributed by atoms with Crippen molar-refractivity contribution in [3.8, 4) is 0 Å². The average molecular weight is 119 g/mol. The standard InChI is InChI=1S/C4H7NO2.H2O/c5-4(6)7-3-1-2-3;/h3H,1-2H2,(H2,5,6);1H2. The van der Waals surface area contributed by atoms with Crippen LogP contribution in [0.3, 0.4) is 0 Å². The SMILES string of the molecule is NC(=O)OC1CC1.O. The first-order chi connectivity index (χ1) is 3.29. The zero-order valence-electron chi connectivity index (χ0n) is 4.39. The van der Waals surface area contributed by atoms with Crippen LogP contribution < -0.4 is 5.73 Å². The Morgan fingerprint density at radius 3 is 2.25 bits per heavy atom. The molecule has 1 rings (SSSR count). The minimum absolute atomic E-state index is 0. The first-order valence-corrected chi connectivity index (χ1v) is 2.25. The number of amides is 1. The van der Waals surface area contributed by atoms with Crippen LogP contribution in [0.25, 0.3) is 0 Å². The molecule has 0 aromatic heterocycles. The van der Waals surface area contributed by atoms with Gasteiger partial charge in [0.1, 0.15) is 6.10 Å². The highest BCUT2D eigenvalue weighted by Gasteiger charge is 2.24. The molecule has 8 heavy (non-hydrogen) atoms. The van der Waals surface area contributed by atoms with Gasteiger partial charge in [-0.25, -0.2) is 4.79 Å². The third kappa shape index (κ3) is 2.41. The zero-order valence-corrected chi connectivity index (χ0v) is 4.39. The minimum atomic E-state index is -0.650. The molecule has 0 saturated heterocycles. The number of carbonyl (C=O) groups excluding carboxylic acids is 1. The normalized spacial score (nSPS) is 16.5. The number of primary amides is 1. The second-order valence-electron chi connectivity index (χ2n) is 1.64. The van der Waals surface area contributed by atoms with Crippen molar-refractivity contribution >= 4 is 6.09 Å². The van der Waals surface area contributed by atoms with E-state index in [-0.39, 0.29) is 11.6 Å². The Bertz CT molecular complexity index is 89.3. The third-order valence-corrected chi connectivity index (χ3v) is 0.807. The molecular weight excluding hydrogens is 110 g/mol. The van der Waals surface area contributed by atoms with Crippen LogP contribution in [0.1, 0.15) is 12.8 Å².